The van der Waals surface area contributed by atoms with Crippen molar-refractivity contribution in [2.75, 3.05) is 12.4 Å². The van der Waals surface area contributed by atoms with Gasteiger partial charge in [0, 0.05) is 18.1 Å². The van der Waals surface area contributed by atoms with Crippen molar-refractivity contribution in [2.45, 2.75) is 56.0 Å². The van der Waals surface area contributed by atoms with Crippen molar-refractivity contribution in [2.24, 2.45) is 0 Å². The Morgan fingerprint density at radius 3 is 2.34 bits per heavy atom. The third-order valence-electron chi connectivity index (χ3n) is 6.32. The molecule has 0 saturated carbocycles. The first-order valence-corrected chi connectivity index (χ1v) is 13.1. The first-order chi connectivity index (χ1) is 15.4. The van der Waals surface area contributed by atoms with Crippen molar-refractivity contribution >= 4 is 27.3 Å². The Morgan fingerprint density at radius 1 is 1.03 bits per heavy atom. The van der Waals surface area contributed by atoms with E-state index >= 15 is 0 Å². The zero-order chi connectivity index (χ0) is 22.6. The minimum absolute atomic E-state index is 0.0752. The third-order valence-corrected chi connectivity index (χ3v) is 9.17. The summed E-state index contributed by atoms with van der Waals surface area (Å²) < 4.78 is 30.8. The number of rotatable bonds is 6. The highest BCUT2D eigenvalue weighted by atomic mass is 35.5. The molecule has 1 N–H and O–H groups in total. The quantitative estimate of drug-likeness (QED) is 0.606. The van der Waals surface area contributed by atoms with Gasteiger partial charge in [-0.15, -0.1) is 0 Å². The summed E-state index contributed by atoms with van der Waals surface area (Å²) in [7, 11) is -3.52. The van der Waals surface area contributed by atoms with Gasteiger partial charge in [0.1, 0.15) is 4.75 Å². The van der Waals surface area contributed by atoms with Gasteiger partial charge >= 0.3 is 0 Å². The van der Waals surface area contributed by atoms with Crippen LogP contribution in [0.4, 0.5) is 0 Å². The van der Waals surface area contributed by atoms with Crippen molar-refractivity contribution in [3.63, 3.8) is 0 Å². The summed E-state index contributed by atoms with van der Waals surface area (Å²) >= 11 is 5.98. The molecule has 2 heterocycles. The predicted octanol–water partition coefficient (Wildman–Crippen LogP) is 4.77. The van der Waals surface area contributed by atoms with Crippen LogP contribution >= 0.6 is 11.6 Å². The molecule has 1 amide bonds. The number of hydrogen-bond acceptors (Lipinski definition) is 5. The molecule has 0 bridgehead atoms. The zero-order valence-corrected chi connectivity index (χ0v) is 19.5. The molecule has 2 aliphatic heterocycles. The lowest BCUT2D eigenvalue weighted by Gasteiger charge is -2.37. The predicted molar refractivity (Wildman–Crippen MR) is 124 cm³/mol. The van der Waals surface area contributed by atoms with Crippen LogP contribution in [-0.2, 0) is 29.0 Å². The summed E-state index contributed by atoms with van der Waals surface area (Å²) in [6, 6.07) is 14.9. The molecule has 2 aromatic rings. The van der Waals surface area contributed by atoms with E-state index in [2.05, 4.69) is 5.48 Å². The minimum atomic E-state index is -3.52. The number of carbonyl (C=O) groups excluding carboxylic acids is 1. The Kier molecular flexibility index (Phi) is 7.20. The number of carbonyl (C=O) groups is 1. The van der Waals surface area contributed by atoms with Crippen LogP contribution in [0, 0.1) is 0 Å². The van der Waals surface area contributed by atoms with E-state index in [-0.39, 0.29) is 12.2 Å². The van der Waals surface area contributed by atoms with Crippen molar-refractivity contribution in [1.82, 2.24) is 5.48 Å². The second kappa shape index (κ2) is 9.91. The van der Waals surface area contributed by atoms with Gasteiger partial charge in [-0.1, -0.05) is 54.4 Å². The van der Waals surface area contributed by atoms with E-state index < -0.39 is 26.8 Å². The molecule has 0 aliphatic carbocycles. The van der Waals surface area contributed by atoms with E-state index in [1.165, 1.54) is 0 Å². The molecule has 2 aliphatic rings. The van der Waals surface area contributed by atoms with Crippen LogP contribution in [0.1, 0.15) is 50.5 Å². The Bertz CT molecular complexity index is 1030. The summed E-state index contributed by atoms with van der Waals surface area (Å²) in [5, 5.41) is 0.657. The number of nitrogens with one attached hydrogen (secondary N) is 1. The molecule has 0 radical (unpaired) electrons. The van der Waals surface area contributed by atoms with Gasteiger partial charge in [-0.05, 0) is 54.5 Å². The van der Waals surface area contributed by atoms with Crippen LogP contribution in [0.15, 0.2) is 48.5 Å². The summed E-state index contributed by atoms with van der Waals surface area (Å²) in [4.78, 5) is 18.2. The maximum atomic E-state index is 13.3. The summed E-state index contributed by atoms with van der Waals surface area (Å²) in [6.45, 7) is 0.596. The van der Waals surface area contributed by atoms with Crippen LogP contribution < -0.4 is 5.48 Å². The zero-order valence-electron chi connectivity index (χ0n) is 17.9. The van der Waals surface area contributed by atoms with Gasteiger partial charge in [-0.2, -0.15) is 0 Å². The van der Waals surface area contributed by atoms with E-state index in [1.807, 2.05) is 48.5 Å². The molecule has 6 nitrogen and oxygen atoms in total. The molecule has 172 valence electrons. The van der Waals surface area contributed by atoms with Crippen LogP contribution in [0.2, 0.25) is 5.02 Å². The van der Waals surface area contributed by atoms with Crippen molar-refractivity contribution < 1.29 is 22.8 Å². The first kappa shape index (κ1) is 23.2. The molecule has 4 rings (SSSR count). The SMILES string of the molecule is O=C(CC1(c2ccc(-c3ccc(Cl)cc3)cc2)CCCCS1(=O)=O)NOC1CCCCO1. The van der Waals surface area contributed by atoms with Crippen LogP contribution in [0.5, 0.6) is 0 Å². The van der Waals surface area contributed by atoms with E-state index in [0.29, 0.717) is 36.5 Å². The van der Waals surface area contributed by atoms with Gasteiger partial charge in [0.15, 0.2) is 16.1 Å². The molecule has 0 aromatic heterocycles. The Morgan fingerprint density at radius 2 is 1.72 bits per heavy atom. The Hall–Kier alpha value is -1.93. The number of benzene rings is 2. The fourth-order valence-corrected chi connectivity index (χ4v) is 6.92. The van der Waals surface area contributed by atoms with E-state index in [4.69, 9.17) is 21.2 Å². The largest absolute Gasteiger partial charge is 0.350 e. The lowest BCUT2D eigenvalue weighted by Crippen LogP contribution is -2.45. The second-order valence-electron chi connectivity index (χ2n) is 8.47. The Balaban J connectivity index is 1.56. The maximum Gasteiger partial charge on any atom is 0.245 e. The average Bonchev–Trinajstić information content (AvgIpc) is 2.80. The fraction of sp³-hybridized carbons (Fsp3) is 0.458. The standard InChI is InChI=1S/C24H28ClNO5S/c25-21-12-8-19(9-13-21)18-6-10-20(11-7-18)24(14-2-4-16-32(24,28)29)17-22(27)26-31-23-5-1-3-15-30-23/h6-13,23H,1-5,14-17H2,(H,26,27). The van der Waals surface area contributed by atoms with Crippen LogP contribution in [0.3, 0.4) is 0 Å². The van der Waals surface area contributed by atoms with Crippen molar-refractivity contribution in [1.29, 1.82) is 0 Å². The first-order valence-electron chi connectivity index (χ1n) is 11.0. The summed E-state index contributed by atoms with van der Waals surface area (Å²) in [5.74, 6) is -0.377. The smallest absolute Gasteiger partial charge is 0.245 e. The normalized spacial score (nSPS) is 25.2. The van der Waals surface area contributed by atoms with Gasteiger partial charge in [-0.25, -0.2) is 18.7 Å². The average molecular weight is 478 g/mol. The molecular weight excluding hydrogens is 450 g/mol. The number of hydrogen-bond donors (Lipinski definition) is 1. The number of halogens is 1. The van der Waals surface area contributed by atoms with E-state index in [0.717, 1.165) is 30.4 Å². The summed E-state index contributed by atoms with van der Waals surface area (Å²) in [5.41, 5.74) is 5.01. The van der Waals surface area contributed by atoms with Gasteiger partial charge in [0.2, 0.25) is 5.91 Å². The fourth-order valence-electron chi connectivity index (χ4n) is 4.52. The highest BCUT2D eigenvalue weighted by Gasteiger charge is 2.48. The molecule has 2 saturated heterocycles. The van der Waals surface area contributed by atoms with Gasteiger partial charge < -0.3 is 4.74 Å². The molecule has 32 heavy (non-hydrogen) atoms. The van der Waals surface area contributed by atoms with Crippen molar-refractivity contribution in [3.8, 4) is 11.1 Å². The molecular formula is C24H28ClNO5S. The molecule has 2 atom stereocenters. The lowest BCUT2D eigenvalue weighted by atomic mass is 9.87. The monoisotopic (exact) mass is 477 g/mol. The van der Waals surface area contributed by atoms with E-state index in [1.54, 1.807) is 0 Å². The Labute approximate surface area is 194 Å². The molecule has 2 unspecified atom stereocenters. The van der Waals surface area contributed by atoms with Crippen LogP contribution in [-0.4, -0.2) is 33.0 Å². The lowest BCUT2D eigenvalue weighted by molar-refractivity contribution is -0.200. The van der Waals surface area contributed by atoms with Crippen LogP contribution in [0.25, 0.3) is 11.1 Å². The van der Waals surface area contributed by atoms with Gasteiger partial charge in [0.25, 0.3) is 0 Å². The number of hydroxylamine groups is 1. The summed E-state index contributed by atoms with van der Waals surface area (Å²) in [6.07, 6.45) is 3.76. The van der Waals surface area contributed by atoms with E-state index in [9.17, 15) is 13.2 Å². The van der Waals surface area contributed by atoms with Crippen molar-refractivity contribution in [3.05, 3.63) is 59.1 Å². The van der Waals surface area contributed by atoms with Gasteiger partial charge in [0.05, 0.1) is 12.2 Å². The number of ether oxygens (including phenoxy) is 1. The third kappa shape index (κ3) is 5.01. The highest BCUT2D eigenvalue weighted by molar-refractivity contribution is 7.92. The molecule has 0 spiro atoms. The molecule has 2 aromatic carbocycles. The minimum Gasteiger partial charge on any atom is -0.350 e. The highest BCUT2D eigenvalue weighted by Crippen LogP contribution is 2.43. The van der Waals surface area contributed by atoms with Gasteiger partial charge in [-0.3, -0.25) is 4.79 Å². The maximum absolute atomic E-state index is 13.3. The topological polar surface area (TPSA) is 81.7 Å². The number of amides is 1. The number of sulfone groups is 1. The second-order valence-corrected chi connectivity index (χ2v) is 11.3. The molecule has 2 fully saturated rings. The molecule has 8 heteroatoms.